The third-order valence-electron chi connectivity index (χ3n) is 5.77. The van der Waals surface area contributed by atoms with Gasteiger partial charge in [0.05, 0.1) is 11.4 Å². The maximum atomic E-state index is 4.60. The molecule has 0 bridgehead atoms. The largest absolute Gasteiger partial charge is 0.353 e. The van der Waals surface area contributed by atoms with Crippen molar-refractivity contribution in [3.8, 4) is 22.5 Å². The SMILES string of the molecule is C1=C(c2cnc3n[nH]c(-c4cc5c(-c6ccncc6)cccc5[nH]4)c3c2)CCNC1. The van der Waals surface area contributed by atoms with Crippen molar-refractivity contribution in [3.63, 3.8) is 0 Å². The maximum Gasteiger partial charge on any atom is 0.181 e. The lowest BCUT2D eigenvalue weighted by Crippen LogP contribution is -2.20. The fourth-order valence-electron chi connectivity index (χ4n) is 4.24. The van der Waals surface area contributed by atoms with Crippen molar-refractivity contribution in [1.29, 1.82) is 0 Å². The Kier molecular flexibility index (Phi) is 3.95. The summed E-state index contributed by atoms with van der Waals surface area (Å²) >= 11 is 0. The van der Waals surface area contributed by atoms with E-state index in [0.29, 0.717) is 0 Å². The zero-order chi connectivity index (χ0) is 19.9. The molecule has 4 aromatic heterocycles. The minimum atomic E-state index is 0.733. The number of pyridine rings is 2. The molecular formula is C24H20N6. The summed E-state index contributed by atoms with van der Waals surface area (Å²) in [7, 11) is 0. The molecule has 0 saturated heterocycles. The van der Waals surface area contributed by atoms with E-state index < -0.39 is 0 Å². The fraction of sp³-hybridized carbons (Fsp3) is 0.125. The zero-order valence-electron chi connectivity index (χ0n) is 16.3. The van der Waals surface area contributed by atoms with Gasteiger partial charge < -0.3 is 10.3 Å². The van der Waals surface area contributed by atoms with E-state index in [4.69, 9.17) is 0 Å². The molecule has 6 rings (SSSR count). The predicted molar refractivity (Wildman–Crippen MR) is 120 cm³/mol. The van der Waals surface area contributed by atoms with Crippen LogP contribution in [0.1, 0.15) is 12.0 Å². The summed E-state index contributed by atoms with van der Waals surface area (Å²) in [6, 6.07) is 14.8. The van der Waals surface area contributed by atoms with Gasteiger partial charge in [-0.3, -0.25) is 10.1 Å². The van der Waals surface area contributed by atoms with E-state index in [-0.39, 0.29) is 0 Å². The molecular weight excluding hydrogens is 372 g/mol. The van der Waals surface area contributed by atoms with Gasteiger partial charge in [0.25, 0.3) is 0 Å². The van der Waals surface area contributed by atoms with Gasteiger partial charge in [-0.25, -0.2) is 4.98 Å². The lowest BCUT2D eigenvalue weighted by Gasteiger charge is -2.13. The second kappa shape index (κ2) is 6.93. The molecule has 0 atom stereocenters. The average molecular weight is 392 g/mol. The van der Waals surface area contributed by atoms with Gasteiger partial charge in [-0.15, -0.1) is 0 Å². The van der Waals surface area contributed by atoms with Gasteiger partial charge in [0, 0.05) is 41.4 Å². The third kappa shape index (κ3) is 2.81. The Morgan fingerprint density at radius 2 is 1.87 bits per heavy atom. The van der Waals surface area contributed by atoms with E-state index in [2.05, 4.69) is 66.9 Å². The minimum absolute atomic E-state index is 0.733. The van der Waals surface area contributed by atoms with Crippen LogP contribution in [0.15, 0.2) is 67.1 Å². The van der Waals surface area contributed by atoms with Gasteiger partial charge in [-0.1, -0.05) is 18.2 Å². The first-order valence-corrected chi connectivity index (χ1v) is 10.1. The molecule has 0 unspecified atom stereocenters. The van der Waals surface area contributed by atoms with Crippen LogP contribution in [0.2, 0.25) is 0 Å². The van der Waals surface area contributed by atoms with Crippen molar-refractivity contribution in [2.45, 2.75) is 6.42 Å². The Labute approximate surface area is 173 Å². The fourth-order valence-corrected chi connectivity index (χ4v) is 4.24. The predicted octanol–water partition coefficient (Wildman–Crippen LogP) is 4.54. The average Bonchev–Trinajstić information content (AvgIpc) is 3.43. The summed E-state index contributed by atoms with van der Waals surface area (Å²) in [4.78, 5) is 12.3. The van der Waals surface area contributed by atoms with E-state index in [1.165, 1.54) is 22.1 Å². The Balaban J connectivity index is 1.50. The highest BCUT2D eigenvalue weighted by molar-refractivity contribution is 6.00. The number of nitrogens with zero attached hydrogens (tertiary/aromatic N) is 3. The van der Waals surface area contributed by atoms with Gasteiger partial charge in [0.2, 0.25) is 0 Å². The van der Waals surface area contributed by atoms with Crippen LogP contribution in [0.25, 0.3) is 50.0 Å². The van der Waals surface area contributed by atoms with Crippen LogP contribution in [-0.4, -0.2) is 38.2 Å². The molecule has 0 spiro atoms. The van der Waals surface area contributed by atoms with Crippen molar-refractivity contribution in [2.75, 3.05) is 13.1 Å². The normalized spacial score (nSPS) is 14.3. The van der Waals surface area contributed by atoms with Gasteiger partial charge in [-0.05, 0) is 65.6 Å². The topological polar surface area (TPSA) is 82.3 Å². The molecule has 0 aliphatic carbocycles. The molecule has 0 amide bonds. The first-order valence-electron chi connectivity index (χ1n) is 10.1. The highest BCUT2D eigenvalue weighted by Gasteiger charge is 2.15. The van der Waals surface area contributed by atoms with Gasteiger partial charge in [0.15, 0.2) is 5.65 Å². The summed E-state index contributed by atoms with van der Waals surface area (Å²) in [6.07, 6.45) is 8.84. The summed E-state index contributed by atoms with van der Waals surface area (Å²) in [5.41, 5.74) is 8.63. The molecule has 0 radical (unpaired) electrons. The van der Waals surface area contributed by atoms with Crippen LogP contribution < -0.4 is 5.32 Å². The molecule has 6 nitrogen and oxygen atoms in total. The van der Waals surface area contributed by atoms with Crippen molar-refractivity contribution in [1.82, 2.24) is 30.5 Å². The smallest absolute Gasteiger partial charge is 0.181 e. The first-order chi connectivity index (χ1) is 14.9. The van der Waals surface area contributed by atoms with Crippen LogP contribution in [0.4, 0.5) is 0 Å². The zero-order valence-corrected chi connectivity index (χ0v) is 16.3. The first kappa shape index (κ1) is 17.1. The van der Waals surface area contributed by atoms with E-state index in [1.807, 2.05) is 30.7 Å². The van der Waals surface area contributed by atoms with E-state index in [1.54, 1.807) is 0 Å². The van der Waals surface area contributed by atoms with Crippen LogP contribution >= 0.6 is 0 Å². The van der Waals surface area contributed by atoms with Crippen LogP contribution in [-0.2, 0) is 0 Å². The number of benzene rings is 1. The molecule has 5 heterocycles. The van der Waals surface area contributed by atoms with Crippen LogP contribution in [0.5, 0.6) is 0 Å². The van der Waals surface area contributed by atoms with Gasteiger partial charge >= 0.3 is 0 Å². The Bertz CT molecular complexity index is 1390. The number of fused-ring (bicyclic) bond motifs is 2. The number of nitrogens with one attached hydrogen (secondary N) is 3. The monoisotopic (exact) mass is 392 g/mol. The van der Waals surface area contributed by atoms with E-state index >= 15 is 0 Å². The minimum Gasteiger partial charge on any atom is -0.353 e. The summed E-state index contributed by atoms with van der Waals surface area (Å²) < 4.78 is 0. The molecule has 0 fully saturated rings. The highest BCUT2D eigenvalue weighted by Crippen LogP contribution is 2.34. The lowest BCUT2D eigenvalue weighted by molar-refractivity contribution is 0.738. The standard InChI is InChI=1S/C24H20N6/c1-2-18(16-6-10-26-11-7-16)19-13-22(28-21(19)3-1)23-20-12-17(14-27-24(20)30-29-23)15-4-8-25-9-5-15/h1-4,6-7,10-14,25,28H,5,8-9H2,(H,27,29,30). The number of H-pyrrole nitrogens is 2. The van der Waals surface area contributed by atoms with Crippen molar-refractivity contribution in [2.24, 2.45) is 0 Å². The number of aromatic amines is 2. The van der Waals surface area contributed by atoms with Crippen molar-refractivity contribution < 1.29 is 0 Å². The summed E-state index contributed by atoms with van der Waals surface area (Å²) in [5, 5.41) is 13.2. The molecule has 146 valence electrons. The maximum absolute atomic E-state index is 4.60. The van der Waals surface area contributed by atoms with Gasteiger partial charge in [-0.2, -0.15) is 5.10 Å². The highest BCUT2D eigenvalue weighted by atomic mass is 15.2. The molecule has 30 heavy (non-hydrogen) atoms. The van der Waals surface area contributed by atoms with Crippen LogP contribution in [0.3, 0.4) is 0 Å². The Morgan fingerprint density at radius 1 is 0.933 bits per heavy atom. The Morgan fingerprint density at radius 3 is 2.73 bits per heavy atom. The molecule has 1 aromatic carbocycles. The number of rotatable bonds is 3. The van der Waals surface area contributed by atoms with E-state index in [0.717, 1.165) is 53.0 Å². The molecule has 3 N–H and O–H groups in total. The third-order valence-corrected chi connectivity index (χ3v) is 5.77. The van der Waals surface area contributed by atoms with Gasteiger partial charge in [0.1, 0.15) is 0 Å². The number of hydrogen-bond donors (Lipinski definition) is 3. The van der Waals surface area contributed by atoms with Crippen molar-refractivity contribution >= 4 is 27.5 Å². The quantitative estimate of drug-likeness (QED) is 0.421. The summed E-state index contributed by atoms with van der Waals surface area (Å²) in [5.74, 6) is 0. The van der Waals surface area contributed by atoms with Crippen molar-refractivity contribution in [3.05, 3.63) is 72.7 Å². The molecule has 1 aliphatic heterocycles. The number of aromatic nitrogens is 5. The second-order valence-electron chi connectivity index (χ2n) is 7.56. The molecule has 1 aliphatic rings. The second-order valence-corrected chi connectivity index (χ2v) is 7.56. The Hall–Kier alpha value is -3.77. The van der Waals surface area contributed by atoms with Crippen LogP contribution in [0, 0.1) is 0 Å². The molecule has 6 heteroatoms. The summed E-state index contributed by atoms with van der Waals surface area (Å²) in [6.45, 7) is 1.91. The lowest BCUT2D eigenvalue weighted by atomic mass is 10.0. The van der Waals surface area contributed by atoms with E-state index in [9.17, 15) is 0 Å². The number of hydrogen-bond acceptors (Lipinski definition) is 4. The molecule has 0 saturated carbocycles. The molecule has 5 aromatic rings.